The van der Waals surface area contributed by atoms with E-state index in [2.05, 4.69) is 10.2 Å². The quantitative estimate of drug-likeness (QED) is 0.555. The minimum Gasteiger partial charge on any atom is -0.484 e. The van der Waals surface area contributed by atoms with Gasteiger partial charge >= 0.3 is 0 Å². The van der Waals surface area contributed by atoms with Crippen molar-refractivity contribution >= 4 is 52.2 Å². The Hall–Kier alpha value is -2.81. The van der Waals surface area contributed by atoms with Crippen LogP contribution in [0.15, 0.2) is 53.4 Å². The van der Waals surface area contributed by atoms with Crippen molar-refractivity contribution in [3.63, 3.8) is 0 Å². The van der Waals surface area contributed by atoms with E-state index in [9.17, 15) is 14.4 Å². The number of anilines is 1. The minimum absolute atomic E-state index is 0.151. The summed E-state index contributed by atoms with van der Waals surface area (Å²) in [4.78, 5) is 41.0. The number of ether oxygens (including phenoxy) is 1. The standard InChI is InChI=1S/C24H24ClN3O4S/c25-18-4-3-5-19(15-18)26-22(29)16-32-20-8-6-17(7-9-20)14-21-23(30)28(24(31)33-21)13-12-27-10-1-2-11-27/h3-9,14-15H,1-2,10-13,16H2,(H,26,29)/b21-14-. The highest BCUT2D eigenvalue weighted by atomic mass is 35.5. The van der Waals surface area contributed by atoms with E-state index in [0.717, 1.165) is 37.0 Å². The molecule has 0 atom stereocenters. The lowest BCUT2D eigenvalue weighted by Gasteiger charge is -2.18. The van der Waals surface area contributed by atoms with E-state index in [4.69, 9.17) is 16.3 Å². The number of amides is 3. The van der Waals surface area contributed by atoms with Crippen LogP contribution in [-0.4, -0.2) is 59.6 Å². The van der Waals surface area contributed by atoms with Crippen LogP contribution in [0, 0.1) is 0 Å². The fourth-order valence-electron chi connectivity index (χ4n) is 3.66. The van der Waals surface area contributed by atoms with Gasteiger partial charge in [-0.2, -0.15) is 0 Å². The van der Waals surface area contributed by atoms with Gasteiger partial charge in [-0.05, 0) is 79.7 Å². The third-order valence-corrected chi connectivity index (χ3v) is 6.51. The van der Waals surface area contributed by atoms with Crippen LogP contribution >= 0.6 is 23.4 Å². The summed E-state index contributed by atoms with van der Waals surface area (Å²) >= 11 is 6.88. The predicted molar refractivity (Wildman–Crippen MR) is 130 cm³/mol. The van der Waals surface area contributed by atoms with Crippen molar-refractivity contribution in [2.45, 2.75) is 12.8 Å². The molecule has 0 radical (unpaired) electrons. The van der Waals surface area contributed by atoms with Crippen molar-refractivity contribution in [2.24, 2.45) is 0 Å². The van der Waals surface area contributed by atoms with Gasteiger partial charge in [0.25, 0.3) is 17.1 Å². The van der Waals surface area contributed by atoms with Gasteiger partial charge in [0, 0.05) is 23.8 Å². The Balaban J connectivity index is 1.29. The van der Waals surface area contributed by atoms with E-state index in [1.165, 1.54) is 17.7 Å². The summed E-state index contributed by atoms with van der Waals surface area (Å²) < 4.78 is 5.53. The number of hydrogen-bond acceptors (Lipinski definition) is 6. The molecule has 0 spiro atoms. The Morgan fingerprint density at radius 1 is 1.09 bits per heavy atom. The molecule has 2 aromatic carbocycles. The molecule has 1 N–H and O–H groups in total. The van der Waals surface area contributed by atoms with Gasteiger partial charge in [-0.3, -0.25) is 19.3 Å². The molecule has 2 aromatic rings. The molecule has 7 nitrogen and oxygen atoms in total. The zero-order valence-corrected chi connectivity index (χ0v) is 19.5. The Kier molecular flexibility index (Phi) is 7.69. The van der Waals surface area contributed by atoms with E-state index in [1.807, 2.05) is 0 Å². The van der Waals surface area contributed by atoms with Gasteiger partial charge < -0.3 is 15.0 Å². The molecular formula is C24H24ClN3O4S. The van der Waals surface area contributed by atoms with E-state index in [1.54, 1.807) is 54.6 Å². The number of carbonyl (C=O) groups is 3. The monoisotopic (exact) mass is 485 g/mol. The molecule has 2 heterocycles. The van der Waals surface area contributed by atoms with Crippen LogP contribution in [0.3, 0.4) is 0 Å². The van der Waals surface area contributed by atoms with Crippen molar-refractivity contribution in [1.82, 2.24) is 9.80 Å². The minimum atomic E-state index is -0.302. The summed E-state index contributed by atoms with van der Waals surface area (Å²) in [6.07, 6.45) is 4.05. The van der Waals surface area contributed by atoms with Crippen molar-refractivity contribution in [1.29, 1.82) is 0 Å². The van der Waals surface area contributed by atoms with E-state index >= 15 is 0 Å². The maximum absolute atomic E-state index is 12.7. The summed E-state index contributed by atoms with van der Waals surface area (Å²) in [5.41, 5.74) is 1.37. The molecule has 0 aromatic heterocycles. The SMILES string of the molecule is O=C(COc1ccc(/C=C2\SC(=O)N(CCN3CCCC3)C2=O)cc1)Nc1cccc(Cl)c1. The normalized spacial score (nSPS) is 17.7. The molecule has 2 fully saturated rings. The molecule has 0 aliphatic carbocycles. The summed E-state index contributed by atoms with van der Waals surface area (Å²) in [5.74, 6) is -0.0294. The molecule has 2 saturated heterocycles. The summed E-state index contributed by atoms with van der Waals surface area (Å²) in [5, 5.41) is 3.03. The summed E-state index contributed by atoms with van der Waals surface area (Å²) in [6, 6.07) is 13.9. The van der Waals surface area contributed by atoms with Crippen molar-refractivity contribution < 1.29 is 19.1 Å². The van der Waals surface area contributed by atoms with E-state index in [0.29, 0.717) is 27.9 Å². The highest BCUT2D eigenvalue weighted by molar-refractivity contribution is 8.18. The third-order valence-electron chi connectivity index (χ3n) is 5.37. The average molecular weight is 486 g/mol. The smallest absolute Gasteiger partial charge is 0.293 e. The Morgan fingerprint density at radius 3 is 2.58 bits per heavy atom. The lowest BCUT2D eigenvalue weighted by molar-refractivity contribution is -0.123. The van der Waals surface area contributed by atoms with Crippen LogP contribution in [0.25, 0.3) is 6.08 Å². The lowest BCUT2D eigenvalue weighted by atomic mass is 10.2. The Morgan fingerprint density at radius 2 is 1.85 bits per heavy atom. The number of nitrogens with zero attached hydrogens (tertiary/aromatic N) is 2. The predicted octanol–water partition coefficient (Wildman–Crippen LogP) is 4.49. The second-order valence-corrected chi connectivity index (χ2v) is 9.23. The number of hydrogen-bond donors (Lipinski definition) is 1. The van der Waals surface area contributed by atoms with E-state index < -0.39 is 0 Å². The van der Waals surface area contributed by atoms with Gasteiger partial charge in [-0.25, -0.2) is 0 Å². The molecule has 4 rings (SSSR count). The van der Waals surface area contributed by atoms with Crippen molar-refractivity contribution in [2.75, 3.05) is 38.1 Å². The fraction of sp³-hybridized carbons (Fsp3) is 0.292. The first-order chi connectivity index (χ1) is 16.0. The second kappa shape index (κ2) is 10.9. The van der Waals surface area contributed by atoms with Crippen LogP contribution in [0.5, 0.6) is 5.75 Å². The molecule has 2 aliphatic rings. The summed E-state index contributed by atoms with van der Waals surface area (Å²) in [6.45, 7) is 3.06. The molecule has 0 unspecified atom stereocenters. The number of imide groups is 1. The molecule has 0 bridgehead atoms. The number of nitrogens with one attached hydrogen (secondary N) is 1. The highest BCUT2D eigenvalue weighted by Crippen LogP contribution is 2.32. The second-order valence-electron chi connectivity index (χ2n) is 7.80. The number of rotatable bonds is 8. The number of carbonyl (C=O) groups excluding carboxylic acids is 3. The zero-order chi connectivity index (χ0) is 23.2. The van der Waals surface area contributed by atoms with Gasteiger partial charge in [0.15, 0.2) is 6.61 Å². The molecule has 2 aliphatic heterocycles. The van der Waals surface area contributed by atoms with Crippen molar-refractivity contribution in [3.8, 4) is 5.75 Å². The topological polar surface area (TPSA) is 79.0 Å². The Labute approximate surface area is 201 Å². The van der Waals surface area contributed by atoms with Crippen molar-refractivity contribution in [3.05, 3.63) is 64.0 Å². The molecule has 3 amide bonds. The van der Waals surface area contributed by atoms with Gasteiger partial charge in [0.05, 0.1) is 4.91 Å². The maximum Gasteiger partial charge on any atom is 0.293 e. The molecule has 0 saturated carbocycles. The van der Waals surface area contributed by atoms with Crippen LogP contribution in [0.2, 0.25) is 5.02 Å². The number of thioether (sulfide) groups is 1. The lowest BCUT2D eigenvalue weighted by Crippen LogP contribution is -2.36. The van der Waals surface area contributed by atoms with Crippen LogP contribution in [-0.2, 0) is 9.59 Å². The molecule has 33 heavy (non-hydrogen) atoms. The van der Waals surface area contributed by atoms with Crippen LogP contribution < -0.4 is 10.1 Å². The summed E-state index contributed by atoms with van der Waals surface area (Å²) in [7, 11) is 0. The van der Waals surface area contributed by atoms with E-state index in [-0.39, 0.29) is 23.7 Å². The van der Waals surface area contributed by atoms with Gasteiger partial charge in [0.1, 0.15) is 5.75 Å². The average Bonchev–Trinajstić information content (AvgIpc) is 3.40. The first kappa shape index (κ1) is 23.4. The fourth-order valence-corrected chi connectivity index (χ4v) is 4.72. The highest BCUT2D eigenvalue weighted by Gasteiger charge is 2.35. The number of halogens is 1. The number of likely N-dealkylation sites (tertiary alicyclic amines) is 1. The molecular weight excluding hydrogens is 462 g/mol. The van der Waals surface area contributed by atoms with Crippen LogP contribution in [0.4, 0.5) is 10.5 Å². The van der Waals surface area contributed by atoms with Gasteiger partial charge in [-0.15, -0.1) is 0 Å². The first-order valence-corrected chi connectivity index (χ1v) is 11.9. The van der Waals surface area contributed by atoms with Gasteiger partial charge in [0.2, 0.25) is 0 Å². The molecule has 172 valence electrons. The van der Waals surface area contributed by atoms with Crippen LogP contribution in [0.1, 0.15) is 18.4 Å². The third kappa shape index (κ3) is 6.37. The molecule has 9 heteroatoms. The van der Waals surface area contributed by atoms with Gasteiger partial charge in [-0.1, -0.05) is 29.8 Å². The largest absolute Gasteiger partial charge is 0.484 e. The maximum atomic E-state index is 12.7. The Bertz CT molecular complexity index is 1070. The first-order valence-electron chi connectivity index (χ1n) is 10.7. The zero-order valence-electron chi connectivity index (χ0n) is 18.0. The number of benzene rings is 2.